The van der Waals surface area contributed by atoms with Gasteiger partial charge in [0.15, 0.2) is 11.5 Å². The average molecular weight is 360 g/mol. The van der Waals surface area contributed by atoms with Crippen molar-refractivity contribution in [1.82, 2.24) is 0 Å². The van der Waals surface area contributed by atoms with E-state index in [9.17, 15) is 0 Å². The van der Waals surface area contributed by atoms with E-state index in [4.69, 9.17) is 44.3 Å². The van der Waals surface area contributed by atoms with E-state index in [1.54, 1.807) is 43.7 Å². The first-order valence-corrected chi connectivity index (χ1v) is 7.34. The Morgan fingerprint density at radius 3 is 2.36 bits per heavy atom. The maximum Gasteiger partial charge on any atom is 0.179 e. The molecule has 2 aromatic rings. The van der Waals surface area contributed by atoms with Crippen molar-refractivity contribution in [1.29, 1.82) is 0 Å². The summed E-state index contributed by atoms with van der Waals surface area (Å²) >= 11 is 17.9. The highest BCUT2D eigenvalue weighted by Gasteiger charge is 2.09. The van der Waals surface area contributed by atoms with Gasteiger partial charge in [-0.3, -0.25) is 5.43 Å². The van der Waals surface area contributed by atoms with Crippen LogP contribution in [0, 0.1) is 0 Å². The third-order valence-corrected chi connectivity index (χ3v) is 3.80. The molecule has 1 N–H and O–H groups in total. The number of hydrogen-bond donors (Lipinski definition) is 1. The molecule has 0 bridgehead atoms. The molecule has 0 radical (unpaired) electrons. The number of halogens is 3. The summed E-state index contributed by atoms with van der Waals surface area (Å²) in [6, 6.07) is 8.64. The lowest BCUT2D eigenvalue weighted by Gasteiger charge is -2.10. The molecule has 0 aromatic heterocycles. The molecular formula is C15H13Cl3N2O2. The molecule has 2 rings (SSSR count). The fourth-order valence-corrected chi connectivity index (χ4v) is 2.35. The maximum atomic E-state index is 6.13. The fraction of sp³-hybridized carbons (Fsp3) is 0.133. The summed E-state index contributed by atoms with van der Waals surface area (Å²) in [5.74, 6) is 1.02. The van der Waals surface area contributed by atoms with E-state index in [2.05, 4.69) is 10.5 Å². The Bertz CT molecular complexity index is 705. The topological polar surface area (TPSA) is 42.8 Å². The van der Waals surface area contributed by atoms with E-state index in [1.165, 1.54) is 7.11 Å². The van der Waals surface area contributed by atoms with E-state index >= 15 is 0 Å². The van der Waals surface area contributed by atoms with Gasteiger partial charge in [0.1, 0.15) is 0 Å². The highest BCUT2D eigenvalue weighted by atomic mass is 35.5. The summed E-state index contributed by atoms with van der Waals surface area (Å²) in [4.78, 5) is 0. The first kappa shape index (κ1) is 16.7. The van der Waals surface area contributed by atoms with E-state index < -0.39 is 0 Å². The summed E-state index contributed by atoms with van der Waals surface area (Å²) in [5, 5.41) is 5.51. The van der Waals surface area contributed by atoms with Crippen LogP contribution in [0.2, 0.25) is 15.1 Å². The highest BCUT2D eigenvalue weighted by molar-refractivity contribution is 6.42. The minimum Gasteiger partial charge on any atom is -0.493 e. The lowest BCUT2D eigenvalue weighted by atomic mass is 10.2. The molecule has 2 aromatic carbocycles. The van der Waals surface area contributed by atoms with E-state index in [-0.39, 0.29) is 0 Å². The molecule has 0 saturated heterocycles. The second-order valence-electron chi connectivity index (χ2n) is 4.24. The number of methoxy groups -OCH3 is 2. The van der Waals surface area contributed by atoms with Crippen LogP contribution >= 0.6 is 34.8 Å². The Labute approximate surface area is 143 Å². The van der Waals surface area contributed by atoms with Gasteiger partial charge in [0, 0.05) is 0 Å². The zero-order chi connectivity index (χ0) is 16.1. The number of rotatable bonds is 5. The molecule has 7 heteroatoms. The van der Waals surface area contributed by atoms with Crippen LogP contribution in [0.1, 0.15) is 5.56 Å². The molecule has 0 fully saturated rings. The predicted molar refractivity (Wildman–Crippen MR) is 92.2 cm³/mol. The van der Waals surface area contributed by atoms with Gasteiger partial charge >= 0.3 is 0 Å². The van der Waals surface area contributed by atoms with E-state index in [1.807, 2.05) is 0 Å². The molecule has 116 valence electrons. The summed E-state index contributed by atoms with van der Waals surface area (Å²) in [7, 11) is 3.08. The van der Waals surface area contributed by atoms with Gasteiger partial charge in [-0.2, -0.15) is 5.10 Å². The molecule has 0 unspecified atom stereocenters. The van der Waals surface area contributed by atoms with E-state index in [0.29, 0.717) is 26.6 Å². The van der Waals surface area contributed by atoms with Crippen LogP contribution in [0.15, 0.2) is 35.4 Å². The number of anilines is 1. The summed E-state index contributed by atoms with van der Waals surface area (Å²) in [6.45, 7) is 0. The summed E-state index contributed by atoms with van der Waals surface area (Å²) in [5.41, 5.74) is 4.34. The maximum absolute atomic E-state index is 6.13. The molecule has 22 heavy (non-hydrogen) atoms. The summed E-state index contributed by atoms with van der Waals surface area (Å²) in [6.07, 6.45) is 1.61. The molecule has 0 spiro atoms. The standard InChI is InChI=1S/C15H13Cl3N2O2/c1-21-14-6-9(5-13(18)15(14)22-2)8-19-20-10-3-4-11(16)12(17)7-10/h3-8,20H,1-2H3/b19-8-. The van der Waals surface area contributed by atoms with Crippen LogP contribution in [-0.2, 0) is 0 Å². The SMILES string of the molecule is COc1cc(/C=N\Nc2ccc(Cl)c(Cl)c2)cc(Cl)c1OC. The highest BCUT2D eigenvalue weighted by Crippen LogP contribution is 2.35. The third kappa shape index (κ3) is 3.97. The van der Waals surface area contributed by atoms with Gasteiger partial charge in [-0.25, -0.2) is 0 Å². The molecule has 0 aliphatic heterocycles. The Hall–Kier alpha value is -1.62. The second-order valence-corrected chi connectivity index (χ2v) is 5.46. The van der Waals surface area contributed by atoms with Crippen molar-refractivity contribution < 1.29 is 9.47 Å². The Morgan fingerprint density at radius 2 is 1.73 bits per heavy atom. The Morgan fingerprint density at radius 1 is 0.955 bits per heavy atom. The first-order valence-electron chi connectivity index (χ1n) is 6.20. The van der Waals surface area contributed by atoms with Crippen LogP contribution in [0.3, 0.4) is 0 Å². The number of nitrogens with zero attached hydrogens (tertiary/aromatic N) is 1. The quantitative estimate of drug-likeness (QED) is 0.596. The van der Waals surface area contributed by atoms with Crippen molar-refractivity contribution in [3.05, 3.63) is 51.0 Å². The van der Waals surface area contributed by atoms with Crippen LogP contribution in [0.5, 0.6) is 11.5 Å². The van der Waals surface area contributed by atoms with Crippen LogP contribution in [0.25, 0.3) is 0 Å². The van der Waals surface area contributed by atoms with Gasteiger partial charge in [0.25, 0.3) is 0 Å². The van der Waals surface area contributed by atoms with Crippen LogP contribution < -0.4 is 14.9 Å². The van der Waals surface area contributed by atoms with E-state index in [0.717, 1.165) is 11.3 Å². The second kappa shape index (κ2) is 7.58. The van der Waals surface area contributed by atoms with Crippen molar-refractivity contribution in [2.45, 2.75) is 0 Å². The largest absolute Gasteiger partial charge is 0.493 e. The minimum absolute atomic E-state index is 0.442. The Kier molecular flexibility index (Phi) is 5.77. The Balaban J connectivity index is 2.16. The van der Waals surface area contributed by atoms with Gasteiger partial charge in [0.05, 0.1) is 41.2 Å². The number of nitrogens with one attached hydrogen (secondary N) is 1. The number of hydrogen-bond acceptors (Lipinski definition) is 4. The molecule has 0 atom stereocenters. The first-order chi connectivity index (χ1) is 10.5. The third-order valence-electron chi connectivity index (χ3n) is 2.78. The molecule has 0 heterocycles. The van der Waals surface area contributed by atoms with Gasteiger partial charge < -0.3 is 9.47 Å². The van der Waals surface area contributed by atoms with Crippen LogP contribution in [-0.4, -0.2) is 20.4 Å². The van der Waals surface area contributed by atoms with Crippen molar-refractivity contribution in [2.24, 2.45) is 5.10 Å². The molecule has 0 aliphatic carbocycles. The lowest BCUT2D eigenvalue weighted by Crippen LogP contribution is -1.95. The number of hydrazone groups is 1. The van der Waals surface area contributed by atoms with Crippen molar-refractivity contribution in [3.8, 4) is 11.5 Å². The molecule has 0 aliphatic rings. The monoisotopic (exact) mass is 358 g/mol. The van der Waals surface area contributed by atoms with Crippen molar-refractivity contribution in [2.75, 3.05) is 19.6 Å². The van der Waals surface area contributed by atoms with Gasteiger partial charge in [-0.05, 0) is 35.9 Å². The number of ether oxygens (including phenoxy) is 2. The molecular weight excluding hydrogens is 347 g/mol. The van der Waals surface area contributed by atoms with Crippen LogP contribution in [0.4, 0.5) is 5.69 Å². The average Bonchev–Trinajstić information content (AvgIpc) is 2.50. The smallest absolute Gasteiger partial charge is 0.179 e. The number of benzene rings is 2. The van der Waals surface area contributed by atoms with Crippen molar-refractivity contribution >= 4 is 46.7 Å². The predicted octanol–water partition coefficient (Wildman–Crippen LogP) is 5.11. The molecule has 0 amide bonds. The van der Waals surface area contributed by atoms with Gasteiger partial charge in [-0.15, -0.1) is 0 Å². The normalized spacial score (nSPS) is 10.8. The van der Waals surface area contributed by atoms with Crippen molar-refractivity contribution in [3.63, 3.8) is 0 Å². The summed E-state index contributed by atoms with van der Waals surface area (Å²) < 4.78 is 10.4. The lowest BCUT2D eigenvalue weighted by molar-refractivity contribution is 0.355. The van der Waals surface area contributed by atoms with Gasteiger partial charge in [-0.1, -0.05) is 34.8 Å². The fourth-order valence-electron chi connectivity index (χ4n) is 1.76. The molecule has 0 saturated carbocycles. The zero-order valence-electron chi connectivity index (χ0n) is 11.9. The zero-order valence-corrected chi connectivity index (χ0v) is 14.1. The van der Waals surface area contributed by atoms with Gasteiger partial charge in [0.2, 0.25) is 0 Å². The minimum atomic E-state index is 0.442. The molecule has 4 nitrogen and oxygen atoms in total.